The number of thioether (sulfide) groups is 2. The number of para-hydroxylation sites is 4. The van der Waals surface area contributed by atoms with Crippen molar-refractivity contribution in [2.75, 3.05) is 27.9 Å². The van der Waals surface area contributed by atoms with Crippen molar-refractivity contribution in [3.05, 3.63) is 177 Å². The zero-order chi connectivity index (χ0) is 41.3. The van der Waals surface area contributed by atoms with Gasteiger partial charge in [0.15, 0.2) is 10.3 Å². The summed E-state index contributed by atoms with van der Waals surface area (Å²) in [6.45, 7) is 0.479. The average molecular weight is 861 g/mol. The minimum Gasteiger partial charge on any atom is -0.279 e. The average Bonchev–Trinajstić information content (AvgIpc) is 4.05. The van der Waals surface area contributed by atoms with Crippen LogP contribution in [-0.4, -0.2) is 61.1 Å². The van der Waals surface area contributed by atoms with Crippen LogP contribution in [0, 0.1) is 0 Å². The van der Waals surface area contributed by atoms with Crippen molar-refractivity contribution in [2.45, 2.75) is 41.8 Å². The highest BCUT2D eigenvalue weighted by Gasteiger charge is 2.53. The Morgan fingerprint density at radius 1 is 0.607 bits per heavy atom. The Kier molecular flexibility index (Phi) is 10.6. The molecule has 6 aromatic rings. The Balaban J connectivity index is 1.07. The fraction of sp³-hybridized carbons (Fsp3) is 0.191. The highest BCUT2D eigenvalue weighted by Crippen LogP contribution is 2.43. The number of hydrogen-bond acceptors (Lipinski definition) is 11. The maximum absolute atomic E-state index is 14.8. The van der Waals surface area contributed by atoms with E-state index in [1.54, 1.807) is 14.5 Å². The van der Waals surface area contributed by atoms with Gasteiger partial charge in [-0.15, -0.1) is 5.10 Å². The van der Waals surface area contributed by atoms with Gasteiger partial charge >= 0.3 is 0 Å². The number of amides is 2. The lowest BCUT2D eigenvalue weighted by Gasteiger charge is -2.51. The number of aromatic nitrogens is 1. The van der Waals surface area contributed by atoms with Gasteiger partial charge in [-0.05, 0) is 85.9 Å². The van der Waals surface area contributed by atoms with E-state index < -0.39 is 16.2 Å². The van der Waals surface area contributed by atoms with Crippen molar-refractivity contribution >= 4 is 85.8 Å². The van der Waals surface area contributed by atoms with Crippen LogP contribution >= 0.6 is 34.9 Å². The second kappa shape index (κ2) is 16.7. The molecule has 61 heavy (non-hydrogen) atoms. The number of thiazole rings is 1. The molecule has 3 fully saturated rings. The number of fused-ring (bicyclic) bond motifs is 1. The number of nitrogens with zero attached hydrogens (tertiary/aromatic N) is 8. The Hall–Kier alpha value is -6.22. The first-order valence-corrected chi connectivity index (χ1v) is 22.8. The van der Waals surface area contributed by atoms with Gasteiger partial charge < -0.3 is 0 Å². The van der Waals surface area contributed by atoms with E-state index >= 15 is 0 Å². The van der Waals surface area contributed by atoms with Crippen LogP contribution in [0.25, 0.3) is 6.08 Å². The van der Waals surface area contributed by atoms with E-state index in [0.717, 1.165) is 41.2 Å². The molecule has 1 spiro atoms. The normalized spacial score (nSPS) is 21.3. The number of aliphatic imine (C=N–C) groups is 2. The van der Waals surface area contributed by atoms with Gasteiger partial charge in [0, 0.05) is 0 Å². The number of carbonyl (C=O) groups is 2. The number of carbonyl (C=O) groups excluding carboxylic acids is 2. The molecule has 1 saturated carbocycles. The fourth-order valence-electron chi connectivity index (χ4n) is 8.37. The van der Waals surface area contributed by atoms with E-state index in [2.05, 4.69) is 10.0 Å². The van der Waals surface area contributed by atoms with Gasteiger partial charge in [-0.1, -0.05) is 138 Å². The summed E-state index contributed by atoms with van der Waals surface area (Å²) in [5.74, 6) is -0.203. The van der Waals surface area contributed by atoms with Gasteiger partial charge in [-0.2, -0.15) is 4.68 Å². The number of rotatable bonds is 9. The summed E-state index contributed by atoms with van der Waals surface area (Å²) in [6, 6.07) is 48.3. The zero-order valence-electron chi connectivity index (χ0n) is 32.9. The molecule has 1 aromatic heterocycles. The third-order valence-electron chi connectivity index (χ3n) is 11.2. The predicted molar refractivity (Wildman–Crippen MR) is 248 cm³/mol. The Morgan fingerprint density at radius 2 is 1.07 bits per heavy atom. The third-order valence-corrected chi connectivity index (χ3v) is 14.4. The number of benzene rings is 5. The minimum absolute atomic E-state index is 0.0881. The Labute approximate surface area is 365 Å². The first kappa shape index (κ1) is 38.9. The Bertz CT molecular complexity index is 2820. The summed E-state index contributed by atoms with van der Waals surface area (Å²) in [4.78, 5) is 58.1. The number of hydrogen-bond donors (Lipinski definition) is 0. The predicted octanol–water partition coefficient (Wildman–Crippen LogP) is 7.47. The molecular formula is C47H40N8O3S3. The molecule has 5 aromatic carbocycles. The monoisotopic (exact) mass is 860 g/mol. The van der Waals surface area contributed by atoms with Crippen molar-refractivity contribution in [1.82, 2.24) is 9.69 Å². The lowest BCUT2D eigenvalue weighted by atomic mass is 10.1. The second-order valence-electron chi connectivity index (χ2n) is 15.1. The smallest absolute Gasteiger partial charge is 0.279 e. The molecule has 0 radical (unpaired) electrons. The molecule has 1 aliphatic carbocycles. The van der Waals surface area contributed by atoms with Crippen molar-refractivity contribution in [3.8, 4) is 0 Å². The molecule has 3 aliphatic heterocycles. The van der Waals surface area contributed by atoms with Gasteiger partial charge in [0.2, 0.25) is 16.6 Å². The number of amidine groups is 2. The first-order valence-electron chi connectivity index (χ1n) is 20.3. The summed E-state index contributed by atoms with van der Waals surface area (Å²) in [5, 5.41) is 9.44. The topological polar surface area (TPSA) is 106 Å². The van der Waals surface area contributed by atoms with Gasteiger partial charge in [0.25, 0.3) is 5.56 Å². The van der Waals surface area contributed by atoms with E-state index in [1.807, 2.05) is 158 Å². The van der Waals surface area contributed by atoms with E-state index in [0.29, 0.717) is 32.5 Å². The van der Waals surface area contributed by atoms with Crippen LogP contribution in [0.15, 0.2) is 172 Å². The van der Waals surface area contributed by atoms with Crippen LogP contribution in [-0.2, 0) is 9.59 Å². The van der Waals surface area contributed by atoms with Gasteiger partial charge in [-0.3, -0.25) is 34.2 Å². The van der Waals surface area contributed by atoms with Crippen LogP contribution < -0.4 is 29.7 Å². The quantitative estimate of drug-likeness (QED) is 0.149. The lowest BCUT2D eigenvalue weighted by Crippen LogP contribution is -2.71. The highest BCUT2D eigenvalue weighted by atomic mass is 32.2. The van der Waals surface area contributed by atoms with E-state index in [4.69, 9.17) is 15.1 Å². The summed E-state index contributed by atoms with van der Waals surface area (Å²) < 4.78 is 2.24. The van der Waals surface area contributed by atoms with Crippen LogP contribution in [0.5, 0.6) is 0 Å². The summed E-state index contributed by atoms with van der Waals surface area (Å²) in [7, 11) is 0. The maximum atomic E-state index is 14.8. The fourth-order valence-corrected chi connectivity index (χ4v) is 11.6. The molecule has 11 nitrogen and oxygen atoms in total. The summed E-state index contributed by atoms with van der Waals surface area (Å²) in [5.41, 5.74) is 2.88. The van der Waals surface area contributed by atoms with Crippen molar-refractivity contribution < 1.29 is 9.59 Å². The molecule has 2 amide bonds. The Morgan fingerprint density at radius 3 is 1.57 bits per heavy atom. The molecule has 2 atom stereocenters. The van der Waals surface area contributed by atoms with Crippen molar-refractivity contribution in [1.29, 1.82) is 0 Å². The van der Waals surface area contributed by atoms with Crippen LogP contribution in [0.2, 0.25) is 0 Å². The molecule has 10 rings (SSSR count). The molecular weight excluding hydrogens is 821 g/mol. The molecule has 2 unspecified atom stereocenters. The maximum Gasteiger partial charge on any atom is 0.289 e. The minimum atomic E-state index is -0.794. The van der Waals surface area contributed by atoms with Crippen molar-refractivity contribution in [2.24, 2.45) is 15.1 Å². The van der Waals surface area contributed by atoms with Gasteiger partial charge in [0.1, 0.15) is 16.2 Å². The zero-order valence-corrected chi connectivity index (χ0v) is 35.4. The first-order chi connectivity index (χ1) is 29.9. The summed E-state index contributed by atoms with van der Waals surface area (Å²) >= 11 is 4.16. The van der Waals surface area contributed by atoms with E-state index in [-0.39, 0.29) is 30.5 Å². The summed E-state index contributed by atoms with van der Waals surface area (Å²) in [6.07, 6.45) is 5.06. The number of anilines is 2. The van der Waals surface area contributed by atoms with E-state index in [1.165, 1.54) is 34.9 Å². The standard InChI is InChI=1S/C47H40N8O3S3/c56-41-39(60-44(48-34-20-8-2-9-21-34)53(41)36-24-12-4-13-25-36)31-51-47(28-16-17-29-47)52(55-43(58)38(59-46(55)50-51)30-33-18-6-1-7-19-33)32-40-42(57)54(37-26-14-5-15-27-37)45(61-40)49-35-22-10-3-11-23-35/h1-15,18-27,30,39-40H,16-17,28-29,31-32H2/b38-30+,48-44?,49-45?. The molecule has 2 saturated heterocycles. The SMILES string of the molecule is O=C1C(CN2N=c3s/c(=C/c4ccccc4)c(=O)n3N(CC3SC(=Nc4ccccc4)N(c4ccccc4)C3=O)C23CCCC3)SC(=Nc2ccccc2)N1c1ccccc1. The van der Waals surface area contributed by atoms with Crippen LogP contribution in [0.3, 0.4) is 0 Å². The van der Waals surface area contributed by atoms with Crippen LogP contribution in [0.1, 0.15) is 31.2 Å². The lowest BCUT2D eigenvalue weighted by molar-refractivity contribution is -0.117. The van der Waals surface area contributed by atoms with Crippen LogP contribution in [0.4, 0.5) is 22.7 Å². The molecule has 0 bridgehead atoms. The molecule has 4 heterocycles. The molecule has 14 heteroatoms. The molecule has 304 valence electrons. The van der Waals surface area contributed by atoms with Gasteiger partial charge in [-0.25, -0.2) is 9.98 Å². The third kappa shape index (κ3) is 7.49. The molecule has 0 N–H and O–H groups in total. The van der Waals surface area contributed by atoms with E-state index in [9.17, 15) is 14.4 Å². The largest absolute Gasteiger partial charge is 0.289 e. The van der Waals surface area contributed by atoms with Gasteiger partial charge in [0.05, 0.1) is 40.4 Å². The molecule has 4 aliphatic rings. The highest BCUT2D eigenvalue weighted by molar-refractivity contribution is 8.16. The second-order valence-corrected chi connectivity index (χ2v) is 18.4. The van der Waals surface area contributed by atoms with Crippen molar-refractivity contribution in [3.63, 3.8) is 0 Å².